The third-order valence-electron chi connectivity index (χ3n) is 2.02. The number of aliphatic imine (C=N–C) groups is 1. The number of hydrogen-bond donors (Lipinski definition) is 2. The van der Waals surface area contributed by atoms with E-state index in [1.807, 2.05) is 20.8 Å². The van der Waals surface area contributed by atoms with Crippen molar-refractivity contribution in [3.05, 3.63) is 33.3 Å². The third-order valence-corrected chi connectivity index (χ3v) is 2.21. The molecule has 0 aliphatic heterocycles. The molecule has 1 heterocycles. The average Bonchev–Trinajstić information content (AvgIpc) is 2.37. The van der Waals surface area contributed by atoms with E-state index in [-0.39, 0.29) is 22.2 Å². The number of aromatic nitrogens is 2. The Morgan fingerprint density at radius 1 is 1.58 bits per heavy atom. The summed E-state index contributed by atoms with van der Waals surface area (Å²) in [6, 6.07) is 1.37. The van der Waals surface area contributed by atoms with Gasteiger partial charge in [-0.2, -0.15) is 5.10 Å². The first-order valence-electron chi connectivity index (χ1n) is 5.88. The molecular formula is C12H20ClN5O. The molecular weight excluding hydrogens is 266 g/mol. The van der Waals surface area contributed by atoms with Gasteiger partial charge in [0, 0.05) is 25.9 Å². The molecule has 0 spiro atoms. The Balaban J connectivity index is 0.00000154. The summed E-state index contributed by atoms with van der Waals surface area (Å²) < 4.78 is 1.11. The number of hydrogen-bond acceptors (Lipinski definition) is 4. The van der Waals surface area contributed by atoms with Crippen molar-refractivity contribution >= 4 is 23.1 Å². The third kappa shape index (κ3) is 5.56. The van der Waals surface area contributed by atoms with Gasteiger partial charge in [0.05, 0.1) is 0 Å². The van der Waals surface area contributed by atoms with E-state index in [1.165, 1.54) is 13.1 Å². The number of rotatable bonds is 3. The zero-order valence-electron chi connectivity index (χ0n) is 11.9. The van der Waals surface area contributed by atoms with Gasteiger partial charge in [-0.25, -0.2) is 9.67 Å². The van der Waals surface area contributed by atoms with E-state index in [9.17, 15) is 4.79 Å². The van der Waals surface area contributed by atoms with E-state index in [0.717, 1.165) is 10.4 Å². The van der Waals surface area contributed by atoms with Crippen LogP contribution in [0.4, 0.5) is 5.69 Å². The number of allylic oxidation sites excluding steroid dienone is 1. The van der Waals surface area contributed by atoms with E-state index in [4.69, 9.17) is 17.3 Å². The maximum absolute atomic E-state index is 11.7. The number of aryl methyl sites for hydroxylation is 1. The number of nitrogens with one attached hydrogen (secondary N) is 1. The minimum absolute atomic E-state index is 0.158. The Labute approximate surface area is 118 Å². The van der Waals surface area contributed by atoms with Gasteiger partial charge >= 0.3 is 0 Å². The fraction of sp³-hybridized carbons (Fsp3) is 0.417. The summed E-state index contributed by atoms with van der Waals surface area (Å²) in [4.78, 5) is 15.6. The Morgan fingerprint density at radius 3 is 2.68 bits per heavy atom. The highest BCUT2D eigenvalue weighted by atomic mass is 35.5. The average molecular weight is 286 g/mol. The van der Waals surface area contributed by atoms with Gasteiger partial charge in [0.1, 0.15) is 11.5 Å². The lowest BCUT2D eigenvalue weighted by atomic mass is 10.4. The van der Waals surface area contributed by atoms with Crippen LogP contribution in [0.5, 0.6) is 0 Å². The minimum atomic E-state index is -0.354. The molecule has 6 nitrogen and oxygen atoms in total. The predicted octanol–water partition coefficient (Wildman–Crippen LogP) is 1.57. The number of amidine groups is 1. The van der Waals surface area contributed by atoms with Gasteiger partial charge in [-0.05, 0) is 13.0 Å². The van der Waals surface area contributed by atoms with Gasteiger partial charge in [-0.1, -0.05) is 25.4 Å². The summed E-state index contributed by atoms with van der Waals surface area (Å²) in [5, 5.41) is 6.84. The maximum atomic E-state index is 11.7. The first-order valence-corrected chi connectivity index (χ1v) is 6.26. The molecule has 0 aliphatic rings. The summed E-state index contributed by atoms with van der Waals surface area (Å²) in [7, 11) is 3.26. The molecule has 106 valence electrons. The van der Waals surface area contributed by atoms with Gasteiger partial charge in [-0.15, -0.1) is 0 Å². The largest absolute Gasteiger partial charge is 0.392 e. The Bertz CT molecular complexity index is 533. The number of nitrogens with zero attached hydrogens (tertiary/aromatic N) is 3. The molecule has 0 aliphatic carbocycles. The van der Waals surface area contributed by atoms with Crippen LogP contribution in [0.1, 0.15) is 20.8 Å². The van der Waals surface area contributed by atoms with E-state index in [2.05, 4.69) is 15.4 Å². The fourth-order valence-corrected chi connectivity index (χ4v) is 1.32. The molecule has 0 bridgehead atoms. The van der Waals surface area contributed by atoms with Crippen LogP contribution in [0.15, 0.2) is 27.6 Å². The van der Waals surface area contributed by atoms with Crippen molar-refractivity contribution in [1.82, 2.24) is 15.1 Å². The van der Waals surface area contributed by atoms with Crippen LogP contribution in [0.25, 0.3) is 0 Å². The molecule has 1 aromatic heterocycles. The molecule has 0 fully saturated rings. The number of halogens is 1. The Morgan fingerprint density at radius 2 is 2.16 bits per heavy atom. The molecule has 0 saturated carbocycles. The van der Waals surface area contributed by atoms with Crippen molar-refractivity contribution in [1.29, 1.82) is 0 Å². The minimum Gasteiger partial charge on any atom is -0.392 e. The van der Waals surface area contributed by atoms with Crippen molar-refractivity contribution in [2.45, 2.75) is 20.8 Å². The van der Waals surface area contributed by atoms with Crippen LogP contribution in [0.3, 0.4) is 0 Å². The zero-order valence-corrected chi connectivity index (χ0v) is 12.6. The maximum Gasteiger partial charge on any atom is 0.292 e. The summed E-state index contributed by atoms with van der Waals surface area (Å²) >= 11 is 5.73. The lowest BCUT2D eigenvalue weighted by Gasteiger charge is -2.01. The molecule has 0 amide bonds. The van der Waals surface area contributed by atoms with Gasteiger partial charge in [0.2, 0.25) is 0 Å². The van der Waals surface area contributed by atoms with Crippen molar-refractivity contribution in [3.8, 4) is 0 Å². The zero-order chi connectivity index (χ0) is 15.0. The standard InChI is InChI=1S/C10H14ClN5O.C2H6/c1-6(13-2)4-9(12)14-7-5-8(11)15-16(3)10(7)17;1-2/h4-5,13H,1-3H3,(H2,12,14);1-2H3/b6-4-;. The summed E-state index contributed by atoms with van der Waals surface area (Å²) in [5.41, 5.74) is 6.31. The van der Waals surface area contributed by atoms with E-state index in [1.54, 1.807) is 13.1 Å². The molecule has 0 atom stereocenters. The van der Waals surface area contributed by atoms with Crippen LogP contribution < -0.4 is 16.6 Å². The normalized spacial score (nSPS) is 11.7. The quantitative estimate of drug-likeness (QED) is 0.652. The van der Waals surface area contributed by atoms with Crippen molar-refractivity contribution in [2.24, 2.45) is 17.8 Å². The van der Waals surface area contributed by atoms with Crippen LogP contribution in [0, 0.1) is 0 Å². The van der Waals surface area contributed by atoms with Crippen molar-refractivity contribution < 1.29 is 0 Å². The highest BCUT2D eigenvalue weighted by Gasteiger charge is 2.04. The fourth-order valence-electron chi connectivity index (χ4n) is 1.10. The SMILES string of the molecule is CC.CN/C(C)=C\C(N)=Nc1cc(Cl)nn(C)c1=O. The topological polar surface area (TPSA) is 85.3 Å². The lowest BCUT2D eigenvalue weighted by molar-refractivity contribution is 0.709. The molecule has 0 unspecified atom stereocenters. The highest BCUT2D eigenvalue weighted by molar-refractivity contribution is 6.29. The molecule has 1 aromatic rings. The first kappa shape index (κ1) is 17.2. The Kier molecular flexibility index (Phi) is 7.52. The molecule has 0 saturated heterocycles. The van der Waals surface area contributed by atoms with E-state index >= 15 is 0 Å². The van der Waals surface area contributed by atoms with E-state index < -0.39 is 0 Å². The lowest BCUT2D eigenvalue weighted by Crippen LogP contribution is -2.20. The highest BCUT2D eigenvalue weighted by Crippen LogP contribution is 2.10. The summed E-state index contributed by atoms with van der Waals surface area (Å²) in [5.74, 6) is 0.219. The monoisotopic (exact) mass is 285 g/mol. The Hall–Kier alpha value is -1.82. The van der Waals surface area contributed by atoms with Gasteiger partial charge < -0.3 is 11.1 Å². The summed E-state index contributed by atoms with van der Waals surface area (Å²) in [6.07, 6.45) is 1.62. The van der Waals surface area contributed by atoms with Gasteiger partial charge in [0.15, 0.2) is 5.15 Å². The van der Waals surface area contributed by atoms with Crippen LogP contribution in [-0.4, -0.2) is 22.7 Å². The van der Waals surface area contributed by atoms with Crippen LogP contribution >= 0.6 is 11.6 Å². The van der Waals surface area contributed by atoms with Gasteiger partial charge in [0.25, 0.3) is 5.56 Å². The molecule has 0 radical (unpaired) electrons. The molecule has 3 N–H and O–H groups in total. The molecule has 1 rings (SSSR count). The first-order chi connectivity index (χ1) is 8.93. The van der Waals surface area contributed by atoms with E-state index in [0.29, 0.717) is 0 Å². The summed E-state index contributed by atoms with van der Waals surface area (Å²) in [6.45, 7) is 5.83. The van der Waals surface area contributed by atoms with Crippen LogP contribution in [0.2, 0.25) is 5.15 Å². The van der Waals surface area contributed by atoms with Crippen LogP contribution in [-0.2, 0) is 7.05 Å². The molecule has 19 heavy (non-hydrogen) atoms. The second-order valence-electron chi connectivity index (χ2n) is 3.40. The second kappa shape index (κ2) is 8.31. The van der Waals surface area contributed by atoms with Gasteiger partial charge in [-0.3, -0.25) is 4.79 Å². The molecule has 7 heteroatoms. The second-order valence-corrected chi connectivity index (χ2v) is 3.78. The van der Waals surface area contributed by atoms with Crippen molar-refractivity contribution in [3.63, 3.8) is 0 Å². The number of nitrogens with two attached hydrogens (primary N) is 1. The predicted molar refractivity (Wildman–Crippen MR) is 79.9 cm³/mol. The smallest absolute Gasteiger partial charge is 0.292 e. The van der Waals surface area contributed by atoms with Crippen molar-refractivity contribution in [2.75, 3.05) is 7.05 Å². The molecule has 0 aromatic carbocycles.